The average Bonchev–Trinajstić information content (AvgIpc) is 3.08. The largest absolute Gasteiger partial charge is 0.497 e. The molecular weight excluding hydrogens is 390 g/mol. The summed E-state index contributed by atoms with van der Waals surface area (Å²) >= 11 is 0. The van der Waals surface area contributed by atoms with Gasteiger partial charge in [-0.05, 0) is 43.0 Å². The van der Waals surface area contributed by atoms with Crippen LogP contribution in [0.3, 0.4) is 0 Å². The molecule has 3 aromatic rings. The molecule has 0 bridgehead atoms. The zero-order valence-electron chi connectivity index (χ0n) is 18.3. The van der Waals surface area contributed by atoms with Crippen LogP contribution in [0.25, 0.3) is 0 Å². The molecule has 0 fully saturated rings. The van der Waals surface area contributed by atoms with Gasteiger partial charge in [-0.15, -0.1) is 0 Å². The van der Waals surface area contributed by atoms with Gasteiger partial charge in [-0.3, -0.25) is 10.2 Å². The number of nitrogens with one attached hydrogen (secondary N) is 2. The van der Waals surface area contributed by atoms with Crippen molar-refractivity contribution >= 4 is 23.0 Å². The molecule has 0 spiro atoms. The zero-order chi connectivity index (χ0) is 22.0. The molecule has 4 rings (SSSR count). The van der Waals surface area contributed by atoms with Crippen molar-refractivity contribution in [2.75, 3.05) is 17.9 Å². The summed E-state index contributed by atoms with van der Waals surface area (Å²) in [6, 6.07) is 17.1. The summed E-state index contributed by atoms with van der Waals surface area (Å²) in [7, 11) is 1.59. The minimum atomic E-state index is -0.284. The van der Waals surface area contributed by atoms with Gasteiger partial charge in [0.05, 0.1) is 18.5 Å². The normalized spacial score (nSPS) is 15.9. The van der Waals surface area contributed by atoms with E-state index in [1.807, 2.05) is 55.5 Å². The molecule has 0 atom stereocenters. The van der Waals surface area contributed by atoms with Crippen LogP contribution in [0.2, 0.25) is 0 Å². The van der Waals surface area contributed by atoms with Crippen molar-refractivity contribution in [2.45, 2.75) is 33.6 Å². The third kappa shape index (κ3) is 4.48. The van der Waals surface area contributed by atoms with E-state index in [0.717, 1.165) is 41.1 Å². The van der Waals surface area contributed by atoms with Crippen molar-refractivity contribution in [2.24, 2.45) is 10.5 Å². The monoisotopic (exact) mass is 417 g/mol. The second-order valence-electron chi connectivity index (χ2n) is 8.59. The van der Waals surface area contributed by atoms with Gasteiger partial charge < -0.3 is 14.5 Å². The van der Waals surface area contributed by atoms with Crippen molar-refractivity contribution in [3.8, 4) is 5.75 Å². The van der Waals surface area contributed by atoms with Crippen LogP contribution in [0.4, 0.5) is 11.4 Å². The van der Waals surface area contributed by atoms with Crippen molar-refractivity contribution in [3.05, 3.63) is 77.2 Å². The van der Waals surface area contributed by atoms with Crippen LogP contribution in [-0.4, -0.2) is 18.7 Å². The molecule has 0 aliphatic heterocycles. The lowest BCUT2D eigenvalue weighted by molar-refractivity contribution is 0.0993. The predicted molar refractivity (Wildman–Crippen MR) is 123 cm³/mol. The van der Waals surface area contributed by atoms with E-state index in [0.29, 0.717) is 17.2 Å². The molecule has 2 N–H and O–H groups in total. The minimum Gasteiger partial charge on any atom is -0.497 e. The van der Waals surface area contributed by atoms with Crippen LogP contribution in [0.1, 0.15) is 47.7 Å². The van der Waals surface area contributed by atoms with E-state index in [1.165, 1.54) is 0 Å². The number of hydrogen-bond acceptors (Lipinski definition) is 5. The number of nitrogens with zero attached hydrogens (tertiary/aromatic N) is 1. The molecule has 1 aliphatic rings. The lowest BCUT2D eigenvalue weighted by Gasteiger charge is -2.29. The number of methoxy groups -OCH3 is 1. The molecule has 6 nitrogen and oxygen atoms in total. The van der Waals surface area contributed by atoms with Gasteiger partial charge >= 0.3 is 0 Å². The Balaban J connectivity index is 1.65. The van der Waals surface area contributed by atoms with Gasteiger partial charge in [0, 0.05) is 29.3 Å². The molecule has 0 radical (unpaired) electrons. The Bertz CT molecular complexity index is 1130. The summed E-state index contributed by atoms with van der Waals surface area (Å²) in [5.74, 6) is 1.51. The van der Waals surface area contributed by atoms with Gasteiger partial charge in [0.15, 0.2) is 5.76 Å². The number of ether oxygens (including phenoxy) is 1. The predicted octanol–water partition coefficient (Wildman–Crippen LogP) is 5.64. The van der Waals surface area contributed by atoms with E-state index < -0.39 is 0 Å². The zero-order valence-corrected chi connectivity index (χ0v) is 18.3. The summed E-state index contributed by atoms with van der Waals surface area (Å²) in [4.78, 5) is 13.0. The molecular formula is C25H27N3O3. The maximum Gasteiger partial charge on any atom is 0.291 e. The lowest BCUT2D eigenvalue weighted by Crippen LogP contribution is -2.27. The Labute approximate surface area is 182 Å². The topological polar surface area (TPSA) is 75.9 Å². The average molecular weight is 418 g/mol. The molecule has 160 valence electrons. The molecule has 1 aromatic heterocycles. The van der Waals surface area contributed by atoms with Crippen molar-refractivity contribution in [1.82, 2.24) is 0 Å². The van der Waals surface area contributed by atoms with Gasteiger partial charge in [0.2, 0.25) is 0 Å². The van der Waals surface area contributed by atoms with Gasteiger partial charge in [-0.2, -0.15) is 5.10 Å². The highest BCUT2D eigenvalue weighted by molar-refractivity contribution is 6.09. The van der Waals surface area contributed by atoms with Gasteiger partial charge in [-0.25, -0.2) is 0 Å². The number of benzene rings is 2. The quantitative estimate of drug-likeness (QED) is 0.527. The first-order chi connectivity index (χ1) is 14.9. The highest BCUT2D eigenvalue weighted by atomic mass is 16.5. The molecule has 1 aliphatic carbocycles. The summed E-state index contributed by atoms with van der Waals surface area (Å²) in [5, 5.41) is 7.60. The minimum absolute atomic E-state index is 0.0188. The van der Waals surface area contributed by atoms with Crippen LogP contribution in [0, 0.1) is 12.3 Å². The third-order valence-corrected chi connectivity index (χ3v) is 5.42. The van der Waals surface area contributed by atoms with Gasteiger partial charge in [0.1, 0.15) is 11.5 Å². The van der Waals surface area contributed by atoms with Crippen molar-refractivity contribution < 1.29 is 13.9 Å². The molecule has 1 amide bonds. The lowest BCUT2D eigenvalue weighted by atomic mass is 9.75. The number of carbonyl (C=O) groups is 1. The summed E-state index contributed by atoms with van der Waals surface area (Å²) < 4.78 is 11.3. The number of anilines is 2. The SMILES string of the molecule is COc1cccc(NC(=O)c2oc3c(c2C)/C(=N\Nc2ccccc2)CC(C)(C)C3)c1. The second-order valence-corrected chi connectivity index (χ2v) is 8.59. The molecule has 0 saturated carbocycles. The number of rotatable bonds is 5. The first-order valence-electron chi connectivity index (χ1n) is 10.3. The van der Waals surface area contributed by atoms with E-state index in [2.05, 4.69) is 29.7 Å². The van der Waals surface area contributed by atoms with Gasteiger partial charge in [-0.1, -0.05) is 38.1 Å². The molecule has 2 aromatic carbocycles. The van der Waals surface area contributed by atoms with Crippen LogP contribution in [0.5, 0.6) is 5.75 Å². The number of para-hydroxylation sites is 1. The van der Waals surface area contributed by atoms with E-state index >= 15 is 0 Å². The molecule has 31 heavy (non-hydrogen) atoms. The first kappa shape index (κ1) is 20.7. The number of hydrazone groups is 1. The Morgan fingerprint density at radius 2 is 1.81 bits per heavy atom. The third-order valence-electron chi connectivity index (χ3n) is 5.42. The number of fused-ring (bicyclic) bond motifs is 1. The molecule has 6 heteroatoms. The highest BCUT2D eigenvalue weighted by Crippen LogP contribution is 2.39. The first-order valence-corrected chi connectivity index (χ1v) is 10.3. The van der Waals surface area contributed by atoms with Crippen molar-refractivity contribution in [1.29, 1.82) is 0 Å². The second kappa shape index (κ2) is 8.30. The maximum absolute atomic E-state index is 13.0. The van der Waals surface area contributed by atoms with Crippen LogP contribution in [0.15, 0.2) is 64.1 Å². The Hall–Kier alpha value is -3.54. The number of amides is 1. The van der Waals surface area contributed by atoms with Crippen LogP contribution in [-0.2, 0) is 6.42 Å². The molecule has 0 unspecified atom stereocenters. The van der Waals surface area contributed by atoms with E-state index in [4.69, 9.17) is 9.15 Å². The molecule has 1 heterocycles. The number of furan rings is 1. The van der Waals surface area contributed by atoms with Crippen LogP contribution < -0.4 is 15.5 Å². The Morgan fingerprint density at radius 1 is 1.06 bits per heavy atom. The summed E-state index contributed by atoms with van der Waals surface area (Å²) in [6.07, 6.45) is 1.54. The Kier molecular flexibility index (Phi) is 5.55. The van der Waals surface area contributed by atoms with Crippen molar-refractivity contribution in [3.63, 3.8) is 0 Å². The van der Waals surface area contributed by atoms with E-state index in [9.17, 15) is 4.79 Å². The summed E-state index contributed by atoms with van der Waals surface area (Å²) in [5.41, 5.74) is 7.32. The smallest absolute Gasteiger partial charge is 0.291 e. The highest BCUT2D eigenvalue weighted by Gasteiger charge is 2.36. The Morgan fingerprint density at radius 3 is 2.55 bits per heavy atom. The fraction of sp³-hybridized carbons (Fsp3) is 0.280. The van der Waals surface area contributed by atoms with Crippen LogP contribution >= 0.6 is 0 Å². The van der Waals surface area contributed by atoms with E-state index in [-0.39, 0.29) is 11.3 Å². The van der Waals surface area contributed by atoms with E-state index in [1.54, 1.807) is 13.2 Å². The standard InChI is InChI=1S/C25H27N3O3/c1-16-22-20(28-27-17-9-6-5-7-10-17)14-25(2,3)15-21(22)31-23(16)24(29)26-18-11-8-12-19(13-18)30-4/h5-13,27H,14-15H2,1-4H3,(H,26,29)/b28-20-. The fourth-order valence-electron chi connectivity index (χ4n) is 3.96. The molecule has 0 saturated heterocycles. The maximum atomic E-state index is 13.0. The van der Waals surface area contributed by atoms with Gasteiger partial charge in [0.25, 0.3) is 5.91 Å². The fourth-order valence-corrected chi connectivity index (χ4v) is 3.96. The number of carbonyl (C=O) groups excluding carboxylic acids is 1. The summed E-state index contributed by atoms with van der Waals surface area (Å²) in [6.45, 7) is 6.28. The number of hydrogen-bond donors (Lipinski definition) is 2.